The van der Waals surface area contributed by atoms with E-state index in [0.717, 1.165) is 27.6 Å². The van der Waals surface area contributed by atoms with Crippen LogP contribution < -0.4 is 9.30 Å². The molecule has 0 atom stereocenters. The van der Waals surface area contributed by atoms with E-state index in [1.54, 1.807) is 6.07 Å². The van der Waals surface area contributed by atoms with Crippen LogP contribution in [0.5, 0.6) is 5.75 Å². The summed E-state index contributed by atoms with van der Waals surface area (Å²) in [5.41, 5.74) is 1.98. The molecule has 2 aromatic carbocycles. The van der Waals surface area contributed by atoms with Crippen LogP contribution in [0.1, 0.15) is 6.42 Å². The molecule has 3 rings (SSSR count). The Morgan fingerprint density at radius 1 is 1.04 bits per heavy atom. The Hall–Kier alpha value is -1.81. The quantitative estimate of drug-likeness (QED) is 0.539. The SMILES string of the molecule is C[n+]1cc(-c2ccc(Cl)cc2Cl)c2ccc(OCCCO)cc2c1. The molecule has 1 heterocycles. The third kappa shape index (κ3) is 3.64. The molecule has 0 spiro atoms. The summed E-state index contributed by atoms with van der Waals surface area (Å²) in [7, 11) is 1.98. The number of fused-ring (bicyclic) bond motifs is 1. The second kappa shape index (κ2) is 7.39. The molecule has 3 nitrogen and oxygen atoms in total. The molecule has 124 valence electrons. The second-order valence-corrected chi connectivity index (χ2v) is 6.48. The zero-order valence-corrected chi connectivity index (χ0v) is 14.8. The Labute approximate surface area is 151 Å². The van der Waals surface area contributed by atoms with Crippen molar-refractivity contribution in [3.05, 3.63) is 58.8 Å². The molecule has 0 saturated carbocycles. The van der Waals surface area contributed by atoms with Gasteiger partial charge >= 0.3 is 0 Å². The molecule has 0 aliphatic carbocycles. The van der Waals surface area contributed by atoms with Crippen molar-refractivity contribution in [1.29, 1.82) is 0 Å². The van der Waals surface area contributed by atoms with Crippen LogP contribution >= 0.6 is 23.2 Å². The normalized spacial score (nSPS) is 11.0. The predicted octanol–water partition coefficient (Wildman–Crippen LogP) is 4.40. The monoisotopic (exact) mass is 362 g/mol. The number of aryl methyl sites for hydroxylation is 1. The first-order valence-electron chi connectivity index (χ1n) is 7.70. The fourth-order valence-electron chi connectivity index (χ4n) is 2.69. The van der Waals surface area contributed by atoms with Crippen LogP contribution in [0.2, 0.25) is 10.0 Å². The van der Waals surface area contributed by atoms with Crippen molar-refractivity contribution in [1.82, 2.24) is 0 Å². The van der Waals surface area contributed by atoms with Crippen molar-refractivity contribution in [2.24, 2.45) is 7.05 Å². The number of hydrogen-bond donors (Lipinski definition) is 1. The van der Waals surface area contributed by atoms with E-state index >= 15 is 0 Å². The maximum atomic E-state index is 8.86. The lowest BCUT2D eigenvalue weighted by atomic mass is 10.0. The highest BCUT2D eigenvalue weighted by Crippen LogP contribution is 2.35. The van der Waals surface area contributed by atoms with Gasteiger partial charge in [-0.25, -0.2) is 4.57 Å². The lowest BCUT2D eigenvalue weighted by Gasteiger charge is -2.10. The predicted molar refractivity (Wildman–Crippen MR) is 97.8 cm³/mol. The lowest BCUT2D eigenvalue weighted by Crippen LogP contribution is -2.26. The van der Waals surface area contributed by atoms with Gasteiger partial charge in [0.15, 0.2) is 12.4 Å². The molecule has 0 amide bonds. The minimum Gasteiger partial charge on any atom is -0.493 e. The van der Waals surface area contributed by atoms with Crippen LogP contribution in [0.15, 0.2) is 48.8 Å². The van der Waals surface area contributed by atoms with Crippen molar-refractivity contribution >= 4 is 34.0 Å². The summed E-state index contributed by atoms with van der Waals surface area (Å²) >= 11 is 12.4. The maximum Gasteiger partial charge on any atom is 0.177 e. The highest BCUT2D eigenvalue weighted by molar-refractivity contribution is 6.36. The lowest BCUT2D eigenvalue weighted by molar-refractivity contribution is -0.669. The number of aliphatic hydroxyl groups excluding tert-OH is 1. The van der Waals surface area contributed by atoms with Gasteiger partial charge in [-0.3, -0.25) is 0 Å². The summed E-state index contributed by atoms with van der Waals surface area (Å²) in [4.78, 5) is 0. The van der Waals surface area contributed by atoms with Crippen molar-refractivity contribution in [2.45, 2.75) is 6.42 Å². The summed E-state index contributed by atoms with van der Waals surface area (Å²) < 4.78 is 7.67. The summed E-state index contributed by atoms with van der Waals surface area (Å²) in [5.74, 6) is 0.787. The summed E-state index contributed by atoms with van der Waals surface area (Å²) in [6.45, 7) is 0.624. The highest BCUT2D eigenvalue weighted by Gasteiger charge is 2.14. The molecule has 24 heavy (non-hydrogen) atoms. The van der Waals surface area contributed by atoms with Gasteiger partial charge in [-0.05, 0) is 30.3 Å². The highest BCUT2D eigenvalue weighted by atomic mass is 35.5. The summed E-state index contributed by atoms with van der Waals surface area (Å²) in [5, 5.41) is 12.2. The molecule has 0 fully saturated rings. The first kappa shape index (κ1) is 17.0. The van der Waals surface area contributed by atoms with Gasteiger partial charge in [-0.15, -0.1) is 0 Å². The number of halogens is 2. The van der Waals surface area contributed by atoms with Gasteiger partial charge in [0.25, 0.3) is 0 Å². The first-order valence-corrected chi connectivity index (χ1v) is 8.46. The van der Waals surface area contributed by atoms with Gasteiger partial charge in [-0.2, -0.15) is 0 Å². The van der Waals surface area contributed by atoms with Gasteiger partial charge in [0.05, 0.1) is 17.2 Å². The van der Waals surface area contributed by atoms with Gasteiger partial charge < -0.3 is 9.84 Å². The molecule has 0 saturated heterocycles. The summed E-state index contributed by atoms with van der Waals surface area (Å²) in [6.07, 6.45) is 4.71. The molecular weight excluding hydrogens is 345 g/mol. The van der Waals surface area contributed by atoms with E-state index in [4.69, 9.17) is 33.0 Å². The smallest absolute Gasteiger partial charge is 0.177 e. The minimum atomic E-state index is 0.127. The Morgan fingerprint density at radius 3 is 2.62 bits per heavy atom. The van der Waals surface area contributed by atoms with Gasteiger partial charge in [0.2, 0.25) is 0 Å². The topological polar surface area (TPSA) is 33.3 Å². The molecule has 0 radical (unpaired) electrons. The van der Waals surface area contributed by atoms with E-state index in [0.29, 0.717) is 23.1 Å². The molecule has 0 aliphatic rings. The number of rotatable bonds is 5. The molecule has 5 heteroatoms. The standard InChI is InChI=1S/C19H18Cl2NO2/c1-22-11-13-9-15(24-8-2-7-23)4-6-16(13)18(12-22)17-5-3-14(20)10-19(17)21/h3-6,9-12,23H,2,7-8H2,1H3/q+1. The number of pyridine rings is 1. The molecule has 0 aliphatic heterocycles. The van der Waals surface area contributed by atoms with Gasteiger partial charge in [-0.1, -0.05) is 29.3 Å². The van der Waals surface area contributed by atoms with E-state index in [-0.39, 0.29) is 6.61 Å². The number of ether oxygens (including phenoxy) is 1. The summed E-state index contributed by atoms with van der Waals surface area (Å²) in [6, 6.07) is 11.5. The molecular formula is C19H18Cl2NO2+. The average Bonchev–Trinajstić information content (AvgIpc) is 2.54. The van der Waals surface area contributed by atoms with E-state index < -0.39 is 0 Å². The minimum absolute atomic E-state index is 0.127. The molecule has 0 unspecified atom stereocenters. The van der Waals surface area contributed by atoms with Crippen molar-refractivity contribution in [3.63, 3.8) is 0 Å². The van der Waals surface area contributed by atoms with Crippen LogP contribution in [-0.4, -0.2) is 18.3 Å². The number of hydrogen-bond acceptors (Lipinski definition) is 2. The van der Waals surface area contributed by atoms with E-state index in [1.807, 2.05) is 54.3 Å². The van der Waals surface area contributed by atoms with Crippen molar-refractivity contribution in [3.8, 4) is 16.9 Å². The number of benzene rings is 2. The van der Waals surface area contributed by atoms with Gasteiger partial charge in [0.1, 0.15) is 12.8 Å². The first-order chi connectivity index (χ1) is 11.6. The van der Waals surface area contributed by atoms with Crippen LogP contribution in [0.4, 0.5) is 0 Å². The van der Waals surface area contributed by atoms with Crippen molar-refractivity contribution < 1.29 is 14.4 Å². The average molecular weight is 363 g/mol. The van der Waals surface area contributed by atoms with Crippen LogP contribution in [0.25, 0.3) is 21.9 Å². The van der Waals surface area contributed by atoms with E-state index in [1.165, 1.54) is 0 Å². The van der Waals surface area contributed by atoms with E-state index in [2.05, 4.69) is 0 Å². The largest absolute Gasteiger partial charge is 0.493 e. The van der Waals surface area contributed by atoms with E-state index in [9.17, 15) is 0 Å². The molecule has 0 bridgehead atoms. The fourth-order valence-corrected chi connectivity index (χ4v) is 3.20. The number of aromatic nitrogens is 1. The Bertz CT molecular complexity index is 881. The van der Waals surface area contributed by atoms with Gasteiger partial charge in [0, 0.05) is 34.4 Å². The van der Waals surface area contributed by atoms with Crippen LogP contribution in [0, 0.1) is 0 Å². The zero-order valence-electron chi connectivity index (χ0n) is 13.3. The third-order valence-electron chi connectivity index (χ3n) is 3.78. The number of nitrogens with zero attached hydrogens (tertiary/aromatic N) is 1. The van der Waals surface area contributed by atoms with Crippen molar-refractivity contribution in [2.75, 3.05) is 13.2 Å². The Morgan fingerprint density at radius 2 is 1.88 bits per heavy atom. The van der Waals surface area contributed by atoms with Crippen LogP contribution in [0.3, 0.4) is 0 Å². The number of aliphatic hydroxyl groups is 1. The maximum absolute atomic E-state index is 8.86. The molecule has 1 aromatic heterocycles. The Kier molecular flexibility index (Phi) is 5.24. The zero-order chi connectivity index (χ0) is 17.1. The Balaban J connectivity index is 2.08. The fraction of sp³-hybridized carbons (Fsp3) is 0.211. The third-order valence-corrected chi connectivity index (χ3v) is 4.33. The second-order valence-electron chi connectivity index (χ2n) is 5.64. The molecule has 3 aromatic rings. The van der Waals surface area contributed by atoms with Crippen LogP contribution in [-0.2, 0) is 7.05 Å². The molecule has 1 N–H and O–H groups in total.